The van der Waals surface area contributed by atoms with Crippen molar-refractivity contribution >= 4 is 40.7 Å². The van der Waals surface area contributed by atoms with Gasteiger partial charge in [-0.25, -0.2) is 0 Å². The number of rotatable bonds is 14. The normalized spacial score (nSPS) is 21.3. The second kappa shape index (κ2) is 16.2. The quantitative estimate of drug-likeness (QED) is 0.185. The molecule has 1 aliphatic carbocycles. The number of ether oxygens (including phenoxy) is 4. The van der Waals surface area contributed by atoms with Crippen molar-refractivity contribution in [2.75, 3.05) is 73.4 Å². The highest BCUT2D eigenvalue weighted by Gasteiger charge is 2.41. The number of carbonyl (C=O) groups is 3. The number of aliphatic hydroxyl groups excluding tert-OH is 2. The summed E-state index contributed by atoms with van der Waals surface area (Å²) < 4.78 is 22.8. The highest BCUT2D eigenvalue weighted by atomic mass is 127. The van der Waals surface area contributed by atoms with Crippen molar-refractivity contribution in [3.05, 3.63) is 32.9 Å². The minimum absolute atomic E-state index is 0.0569. The molecule has 1 fully saturated rings. The molecule has 0 unspecified atom stereocenters. The lowest BCUT2D eigenvalue weighted by Gasteiger charge is -2.41. The van der Waals surface area contributed by atoms with Gasteiger partial charge in [0.2, 0.25) is 11.8 Å². The van der Waals surface area contributed by atoms with Gasteiger partial charge in [0.25, 0.3) is 0 Å². The smallest absolute Gasteiger partial charge is 0.247 e. The number of amides is 2. The van der Waals surface area contributed by atoms with E-state index in [1.54, 1.807) is 11.0 Å². The molecule has 0 spiro atoms. The van der Waals surface area contributed by atoms with Crippen molar-refractivity contribution in [3.8, 4) is 11.5 Å². The average molecular weight is 676 g/mol. The lowest BCUT2D eigenvalue weighted by atomic mass is 9.88. The lowest BCUT2D eigenvalue weighted by Crippen LogP contribution is -2.56. The zero-order valence-corrected chi connectivity index (χ0v) is 25.0. The van der Waals surface area contributed by atoms with Crippen LogP contribution in [-0.2, 0) is 19.1 Å². The molecule has 2 amide bonds. The van der Waals surface area contributed by atoms with Crippen LogP contribution in [0.15, 0.2) is 23.8 Å². The Balaban J connectivity index is 1.95. The van der Waals surface area contributed by atoms with Gasteiger partial charge in [0.05, 0.1) is 49.6 Å². The van der Waals surface area contributed by atoms with Crippen molar-refractivity contribution in [2.24, 2.45) is 0 Å². The van der Waals surface area contributed by atoms with E-state index >= 15 is 0 Å². The van der Waals surface area contributed by atoms with Crippen LogP contribution in [0.3, 0.4) is 0 Å². The number of halogens is 1. The number of aliphatic hydroxyl groups is 2. The highest BCUT2D eigenvalue weighted by Crippen LogP contribution is 2.37. The Morgan fingerprint density at radius 2 is 2.02 bits per heavy atom. The zero-order valence-electron chi connectivity index (χ0n) is 22.8. The van der Waals surface area contributed by atoms with E-state index < -0.39 is 24.2 Å². The van der Waals surface area contributed by atoms with Gasteiger partial charge >= 0.3 is 0 Å². The van der Waals surface area contributed by atoms with Crippen LogP contribution in [0.4, 0.5) is 0 Å². The molecule has 12 nitrogen and oxygen atoms in total. The van der Waals surface area contributed by atoms with E-state index in [9.17, 15) is 24.6 Å². The number of benzene rings is 1. The minimum atomic E-state index is -1.18. The van der Waals surface area contributed by atoms with Gasteiger partial charge in [0, 0.05) is 57.4 Å². The molecule has 1 aliphatic heterocycles. The Labute approximate surface area is 247 Å². The van der Waals surface area contributed by atoms with Gasteiger partial charge in [0.15, 0.2) is 11.5 Å². The van der Waals surface area contributed by atoms with Crippen LogP contribution in [0.5, 0.6) is 11.5 Å². The Bertz CT molecular complexity index is 1050. The number of nitrogens with one attached hydrogen (secondary N) is 1. The Morgan fingerprint density at radius 1 is 1.27 bits per heavy atom. The fraction of sp³-hybridized carbons (Fsp3) is 0.593. The van der Waals surface area contributed by atoms with Crippen molar-refractivity contribution in [1.82, 2.24) is 15.1 Å². The summed E-state index contributed by atoms with van der Waals surface area (Å²) in [5, 5.41) is 23.5. The molecule has 13 heteroatoms. The molecule has 1 aromatic carbocycles. The van der Waals surface area contributed by atoms with Gasteiger partial charge < -0.3 is 39.4 Å². The first-order chi connectivity index (χ1) is 19.3. The zero-order chi connectivity index (χ0) is 29.1. The predicted octanol–water partition coefficient (Wildman–Crippen LogP) is 0.225. The fourth-order valence-corrected chi connectivity index (χ4v) is 5.47. The van der Waals surface area contributed by atoms with Gasteiger partial charge in [0.1, 0.15) is 18.5 Å². The summed E-state index contributed by atoms with van der Waals surface area (Å²) in [6.45, 7) is 3.65. The van der Waals surface area contributed by atoms with E-state index in [0.717, 1.165) is 13.1 Å². The number of aldehydes is 1. The largest absolute Gasteiger partial charge is 0.493 e. The highest BCUT2D eigenvalue weighted by molar-refractivity contribution is 14.1. The van der Waals surface area contributed by atoms with Crippen LogP contribution in [0.1, 0.15) is 23.2 Å². The molecule has 1 heterocycles. The van der Waals surface area contributed by atoms with Crippen molar-refractivity contribution in [2.45, 2.75) is 31.1 Å². The standard InChI is InChI=1S/C27H38IN3O9/c1-37-10-3-24(34)31(6-5-30-7-11-39-12-8-30)21-15-19(27(36)29-4-9-32)16-22(25(21)35)40-26-20(28)13-18(17-33)14-23(26)38-2/h13-14,16-17,21-22,25,32,35H,3-12,15H2,1-2H3,(H,29,36)/t21-,22+,25+/m1/s1. The molecule has 40 heavy (non-hydrogen) atoms. The molecule has 3 N–H and O–H groups in total. The van der Waals surface area contributed by atoms with Crippen LogP contribution >= 0.6 is 22.6 Å². The van der Waals surface area contributed by atoms with E-state index in [-0.39, 0.29) is 38.5 Å². The second-order valence-corrected chi connectivity index (χ2v) is 10.6. The number of hydrogen-bond donors (Lipinski definition) is 3. The molecule has 1 saturated heterocycles. The molecule has 3 atom stereocenters. The molecular weight excluding hydrogens is 637 g/mol. The summed E-state index contributed by atoms with van der Waals surface area (Å²) in [4.78, 5) is 41.6. The molecule has 222 valence electrons. The van der Waals surface area contributed by atoms with Crippen LogP contribution < -0.4 is 14.8 Å². The summed E-state index contributed by atoms with van der Waals surface area (Å²) in [5.74, 6) is -0.0360. The van der Waals surface area contributed by atoms with Crippen LogP contribution in [0.25, 0.3) is 0 Å². The van der Waals surface area contributed by atoms with Gasteiger partial charge in [-0.3, -0.25) is 19.3 Å². The molecular formula is C27H38IN3O9. The van der Waals surface area contributed by atoms with Gasteiger partial charge in [-0.15, -0.1) is 0 Å². The summed E-state index contributed by atoms with van der Waals surface area (Å²) in [5.41, 5.74) is 0.719. The Morgan fingerprint density at radius 3 is 2.67 bits per heavy atom. The molecule has 0 saturated carbocycles. The van der Waals surface area contributed by atoms with Gasteiger partial charge in [-0.1, -0.05) is 0 Å². The van der Waals surface area contributed by atoms with Crippen molar-refractivity contribution in [3.63, 3.8) is 0 Å². The second-order valence-electron chi connectivity index (χ2n) is 9.45. The number of hydrogen-bond acceptors (Lipinski definition) is 10. The average Bonchev–Trinajstić information content (AvgIpc) is 2.97. The van der Waals surface area contributed by atoms with Gasteiger partial charge in [-0.2, -0.15) is 0 Å². The first-order valence-electron chi connectivity index (χ1n) is 13.2. The van der Waals surface area contributed by atoms with E-state index in [2.05, 4.69) is 10.2 Å². The van der Waals surface area contributed by atoms with Crippen LogP contribution in [-0.4, -0.2) is 130 Å². The third-order valence-electron chi connectivity index (χ3n) is 6.86. The monoisotopic (exact) mass is 675 g/mol. The lowest BCUT2D eigenvalue weighted by molar-refractivity contribution is -0.140. The fourth-order valence-electron chi connectivity index (χ4n) is 4.72. The molecule has 2 aliphatic rings. The number of methoxy groups -OCH3 is 2. The summed E-state index contributed by atoms with van der Waals surface area (Å²) >= 11 is 2.01. The summed E-state index contributed by atoms with van der Waals surface area (Å²) in [7, 11) is 2.96. The van der Waals surface area contributed by atoms with E-state index in [1.165, 1.54) is 26.4 Å². The Kier molecular flexibility index (Phi) is 13.1. The molecule has 0 radical (unpaired) electrons. The summed E-state index contributed by atoms with van der Waals surface area (Å²) in [6.07, 6.45) is 0.246. The maximum absolute atomic E-state index is 13.4. The van der Waals surface area contributed by atoms with Gasteiger partial charge in [-0.05, 0) is 40.8 Å². The van der Waals surface area contributed by atoms with Crippen LogP contribution in [0.2, 0.25) is 0 Å². The predicted molar refractivity (Wildman–Crippen MR) is 154 cm³/mol. The topological polar surface area (TPSA) is 147 Å². The number of nitrogens with zero attached hydrogens (tertiary/aromatic N) is 2. The number of morpholine rings is 1. The van der Waals surface area contributed by atoms with E-state index in [4.69, 9.17) is 18.9 Å². The molecule has 1 aromatic rings. The molecule has 3 rings (SSSR count). The van der Waals surface area contributed by atoms with Crippen LogP contribution in [0, 0.1) is 3.57 Å². The minimum Gasteiger partial charge on any atom is -0.493 e. The van der Waals surface area contributed by atoms with E-state index in [0.29, 0.717) is 58.8 Å². The Hall–Kier alpha value is -2.30. The molecule has 0 bridgehead atoms. The molecule has 0 aromatic heterocycles. The third kappa shape index (κ3) is 8.60. The van der Waals surface area contributed by atoms with E-state index in [1.807, 2.05) is 22.6 Å². The van der Waals surface area contributed by atoms with Crippen molar-refractivity contribution < 1.29 is 43.5 Å². The maximum atomic E-state index is 13.4. The van der Waals surface area contributed by atoms with Crippen molar-refractivity contribution in [1.29, 1.82) is 0 Å². The third-order valence-corrected chi connectivity index (χ3v) is 7.66. The summed E-state index contributed by atoms with van der Waals surface area (Å²) in [6, 6.07) is 2.38. The maximum Gasteiger partial charge on any atom is 0.247 e. The SMILES string of the molecule is COCCC(=O)N(CCN1CCOCC1)[C@@H]1CC(C(=O)NCCO)=C[C@H](Oc2c(I)cc(C=O)cc2OC)[C@H]1O. The number of carbonyl (C=O) groups excluding carboxylic acids is 3. The first kappa shape index (κ1) is 32.2. The first-order valence-corrected chi connectivity index (χ1v) is 14.3.